The van der Waals surface area contributed by atoms with Gasteiger partial charge in [-0.1, -0.05) is 35.9 Å². The number of amides is 1. The number of hydrogen-bond donors (Lipinski definition) is 1. The highest BCUT2D eigenvalue weighted by Crippen LogP contribution is 2.25. The zero-order valence-corrected chi connectivity index (χ0v) is 20.5. The molecule has 0 aliphatic carbocycles. The van der Waals surface area contributed by atoms with Gasteiger partial charge in [0.15, 0.2) is 0 Å². The van der Waals surface area contributed by atoms with Gasteiger partial charge in [-0.05, 0) is 61.7 Å². The van der Waals surface area contributed by atoms with Gasteiger partial charge in [0.1, 0.15) is 6.54 Å². The molecule has 0 unspecified atom stereocenters. The van der Waals surface area contributed by atoms with Crippen LogP contribution in [0.25, 0.3) is 0 Å². The zero-order valence-electron chi connectivity index (χ0n) is 18.0. The number of carbonyl (C=O) groups is 1. The predicted octanol–water partition coefficient (Wildman–Crippen LogP) is 4.82. The average molecular weight is 487 g/mol. The number of aryl methyl sites for hydroxylation is 1. The van der Waals surface area contributed by atoms with E-state index < -0.39 is 10.0 Å². The summed E-state index contributed by atoms with van der Waals surface area (Å²) in [5.41, 5.74) is 1.47. The first-order chi connectivity index (χ1) is 15.4. The molecule has 0 aliphatic heterocycles. The number of nitrogens with one attached hydrogen (secondary N) is 1. The zero-order chi connectivity index (χ0) is 23.0. The molecule has 1 N–H and O–H groups in total. The molecular formula is C24H26N2O3S3. The standard InChI is InChI=1S/C24H26N2O3S3/c1-19-8-10-20(11-9-19)26(32(28,29)23-14-12-21(30-2)13-15-23)18-24(27)25-16-17-31-22-6-4-3-5-7-22/h3-15H,16-18H2,1-2H3,(H,25,27). The lowest BCUT2D eigenvalue weighted by molar-refractivity contribution is -0.119. The van der Waals surface area contributed by atoms with Crippen LogP contribution in [0.2, 0.25) is 0 Å². The first-order valence-electron chi connectivity index (χ1n) is 10.1. The Balaban J connectivity index is 1.72. The Labute approximate surface area is 198 Å². The molecule has 0 bridgehead atoms. The molecule has 0 heterocycles. The number of carbonyl (C=O) groups excluding carboxylic acids is 1. The fourth-order valence-corrected chi connectivity index (χ4v) is 5.58. The Morgan fingerprint density at radius 1 is 0.906 bits per heavy atom. The molecule has 3 rings (SSSR count). The molecule has 32 heavy (non-hydrogen) atoms. The molecule has 0 aromatic heterocycles. The van der Waals surface area contributed by atoms with Gasteiger partial charge in [-0.25, -0.2) is 8.42 Å². The van der Waals surface area contributed by atoms with Crippen molar-refractivity contribution in [3.05, 3.63) is 84.4 Å². The Morgan fingerprint density at radius 3 is 2.19 bits per heavy atom. The van der Waals surface area contributed by atoms with Gasteiger partial charge in [0.2, 0.25) is 5.91 Å². The SMILES string of the molecule is CSc1ccc(S(=O)(=O)N(CC(=O)NCCSc2ccccc2)c2ccc(C)cc2)cc1. The highest BCUT2D eigenvalue weighted by Gasteiger charge is 2.27. The van der Waals surface area contributed by atoms with Crippen molar-refractivity contribution in [2.24, 2.45) is 0 Å². The lowest BCUT2D eigenvalue weighted by atomic mass is 10.2. The monoisotopic (exact) mass is 486 g/mol. The summed E-state index contributed by atoms with van der Waals surface area (Å²) in [6, 6.07) is 23.7. The second-order valence-corrected chi connectivity index (χ2v) is 10.9. The molecule has 5 nitrogen and oxygen atoms in total. The number of hydrogen-bond acceptors (Lipinski definition) is 5. The van der Waals surface area contributed by atoms with Crippen molar-refractivity contribution in [3.63, 3.8) is 0 Å². The third-order valence-corrected chi connectivity index (χ3v) is 8.24. The van der Waals surface area contributed by atoms with Crippen LogP contribution in [-0.2, 0) is 14.8 Å². The summed E-state index contributed by atoms with van der Waals surface area (Å²) in [5.74, 6) is 0.354. The molecule has 1 amide bonds. The minimum Gasteiger partial charge on any atom is -0.354 e. The molecule has 168 valence electrons. The van der Waals surface area contributed by atoms with Crippen LogP contribution in [0.1, 0.15) is 5.56 Å². The molecule has 0 saturated heterocycles. The number of rotatable bonds is 10. The van der Waals surface area contributed by atoms with E-state index in [1.807, 2.05) is 55.6 Å². The van der Waals surface area contributed by atoms with Gasteiger partial charge in [-0.15, -0.1) is 23.5 Å². The van der Waals surface area contributed by atoms with Crippen molar-refractivity contribution in [1.29, 1.82) is 0 Å². The van der Waals surface area contributed by atoms with Crippen LogP contribution in [-0.4, -0.2) is 39.4 Å². The van der Waals surface area contributed by atoms with Gasteiger partial charge in [0.05, 0.1) is 10.6 Å². The van der Waals surface area contributed by atoms with Crippen LogP contribution in [0.5, 0.6) is 0 Å². The van der Waals surface area contributed by atoms with E-state index in [4.69, 9.17) is 0 Å². The van der Waals surface area contributed by atoms with Crippen molar-refractivity contribution in [1.82, 2.24) is 5.32 Å². The van der Waals surface area contributed by atoms with Gasteiger partial charge in [0, 0.05) is 22.1 Å². The molecule has 0 radical (unpaired) electrons. The summed E-state index contributed by atoms with van der Waals surface area (Å²) < 4.78 is 28.0. The highest BCUT2D eigenvalue weighted by molar-refractivity contribution is 7.99. The van der Waals surface area contributed by atoms with Gasteiger partial charge < -0.3 is 5.32 Å². The van der Waals surface area contributed by atoms with E-state index in [9.17, 15) is 13.2 Å². The van der Waals surface area contributed by atoms with Gasteiger partial charge in [0.25, 0.3) is 10.0 Å². The Morgan fingerprint density at radius 2 is 1.56 bits per heavy atom. The molecule has 0 spiro atoms. The summed E-state index contributed by atoms with van der Waals surface area (Å²) in [6.45, 7) is 2.09. The Kier molecular flexibility index (Phi) is 8.67. The van der Waals surface area contributed by atoms with Crippen molar-refractivity contribution in [2.75, 3.05) is 29.4 Å². The fourth-order valence-electron chi connectivity index (χ4n) is 2.96. The van der Waals surface area contributed by atoms with E-state index in [0.29, 0.717) is 18.0 Å². The molecule has 0 aliphatic rings. The molecule has 0 atom stereocenters. The summed E-state index contributed by atoms with van der Waals surface area (Å²) in [7, 11) is -3.90. The molecule has 3 aromatic rings. The van der Waals surface area contributed by atoms with Crippen molar-refractivity contribution >= 4 is 45.1 Å². The van der Waals surface area contributed by atoms with E-state index in [0.717, 1.165) is 15.4 Å². The average Bonchev–Trinajstić information content (AvgIpc) is 2.81. The minimum atomic E-state index is -3.90. The predicted molar refractivity (Wildman–Crippen MR) is 134 cm³/mol. The number of nitrogens with zero attached hydrogens (tertiary/aromatic N) is 1. The maximum absolute atomic E-state index is 13.4. The van der Waals surface area contributed by atoms with E-state index in [1.165, 1.54) is 4.31 Å². The molecule has 0 fully saturated rings. The van der Waals surface area contributed by atoms with Gasteiger partial charge in [-0.2, -0.15) is 0 Å². The first-order valence-corrected chi connectivity index (χ1v) is 13.7. The molecule has 8 heteroatoms. The van der Waals surface area contributed by atoms with E-state index in [-0.39, 0.29) is 17.3 Å². The number of benzene rings is 3. The fraction of sp³-hybridized carbons (Fsp3) is 0.208. The summed E-state index contributed by atoms with van der Waals surface area (Å²) in [5, 5.41) is 2.84. The van der Waals surface area contributed by atoms with E-state index >= 15 is 0 Å². The van der Waals surface area contributed by atoms with Gasteiger partial charge >= 0.3 is 0 Å². The Hall–Kier alpha value is -2.42. The summed E-state index contributed by atoms with van der Waals surface area (Å²) in [6.07, 6.45) is 1.93. The molecular weight excluding hydrogens is 460 g/mol. The minimum absolute atomic E-state index is 0.156. The van der Waals surface area contributed by atoms with Crippen LogP contribution in [0.4, 0.5) is 5.69 Å². The second kappa shape index (κ2) is 11.4. The summed E-state index contributed by atoms with van der Waals surface area (Å²) in [4.78, 5) is 14.9. The topological polar surface area (TPSA) is 66.5 Å². The highest BCUT2D eigenvalue weighted by atomic mass is 32.2. The number of thioether (sulfide) groups is 2. The van der Waals surface area contributed by atoms with Crippen LogP contribution in [0, 0.1) is 6.92 Å². The summed E-state index contributed by atoms with van der Waals surface area (Å²) >= 11 is 3.18. The Bertz CT molecular complexity index is 1120. The lowest BCUT2D eigenvalue weighted by Crippen LogP contribution is -2.41. The van der Waals surface area contributed by atoms with Crippen molar-refractivity contribution < 1.29 is 13.2 Å². The van der Waals surface area contributed by atoms with Crippen LogP contribution < -0.4 is 9.62 Å². The second-order valence-electron chi connectivity index (χ2n) is 7.03. The van der Waals surface area contributed by atoms with Crippen molar-refractivity contribution in [2.45, 2.75) is 21.6 Å². The van der Waals surface area contributed by atoms with Gasteiger partial charge in [-0.3, -0.25) is 9.10 Å². The van der Waals surface area contributed by atoms with E-state index in [2.05, 4.69) is 5.32 Å². The molecule has 0 saturated carbocycles. The van der Waals surface area contributed by atoms with Crippen LogP contribution >= 0.6 is 23.5 Å². The maximum Gasteiger partial charge on any atom is 0.264 e. The maximum atomic E-state index is 13.4. The number of anilines is 1. The quantitative estimate of drug-likeness (QED) is 0.329. The van der Waals surface area contributed by atoms with Crippen molar-refractivity contribution in [3.8, 4) is 0 Å². The third kappa shape index (κ3) is 6.54. The third-order valence-electron chi connectivity index (χ3n) is 4.69. The largest absolute Gasteiger partial charge is 0.354 e. The molecule has 3 aromatic carbocycles. The smallest absolute Gasteiger partial charge is 0.264 e. The lowest BCUT2D eigenvalue weighted by Gasteiger charge is -2.24. The number of sulfonamides is 1. The normalized spacial score (nSPS) is 11.2. The van der Waals surface area contributed by atoms with Crippen LogP contribution in [0.15, 0.2) is 93.5 Å². The van der Waals surface area contributed by atoms with Crippen LogP contribution in [0.3, 0.4) is 0 Å². The van der Waals surface area contributed by atoms with E-state index in [1.54, 1.807) is 59.9 Å². The first kappa shape index (κ1) is 24.2.